The van der Waals surface area contributed by atoms with E-state index in [-0.39, 0.29) is 30.1 Å². The van der Waals surface area contributed by atoms with Gasteiger partial charge in [-0.2, -0.15) is 0 Å². The fraction of sp³-hybridized carbons (Fsp3) is 0.412. The summed E-state index contributed by atoms with van der Waals surface area (Å²) in [6.45, 7) is 2.00. The molecule has 3 amide bonds. The smallest absolute Gasteiger partial charge is 0.332 e. The van der Waals surface area contributed by atoms with Gasteiger partial charge in [0, 0.05) is 57.3 Å². The molecule has 3 heterocycles. The van der Waals surface area contributed by atoms with Gasteiger partial charge in [0.15, 0.2) is 5.54 Å². The number of amides is 3. The topological polar surface area (TPSA) is 113 Å². The largest absolute Gasteiger partial charge is 0.497 e. The molecule has 2 aliphatic heterocycles. The van der Waals surface area contributed by atoms with Gasteiger partial charge in [-0.1, -0.05) is 30.3 Å². The fourth-order valence-corrected chi connectivity index (χ4v) is 7.44. The predicted octanol–water partition coefficient (Wildman–Crippen LogP) is 2.15. The minimum atomic E-state index is -1.37. The highest BCUT2D eigenvalue weighted by molar-refractivity contribution is 6.00. The number of carbonyl (C=O) groups excluding carboxylic acids is 4. The Hall–Kier alpha value is -4.64. The molecule has 2 fully saturated rings. The number of methoxy groups -OCH3 is 2. The van der Waals surface area contributed by atoms with Crippen LogP contribution in [-0.4, -0.2) is 103 Å². The fourth-order valence-electron chi connectivity index (χ4n) is 7.44. The molecular formula is C34H39N5O6. The standard InChI is InChI=1S/C34H39N5O6/c1-36(2)32(42)28-17-26-27(38(28)15-14-37-21-35-19-29(37)40)16-24-20-39(31(41)23-8-6-5-7-9-23)34(30(24)26,33(43)45-4)18-22-10-12-25(44-3)13-11-22/h5-13,17,24,30,35H,14-16,18-21H2,1-4H3/t24-,30+,34+/m0/s1. The van der Waals surface area contributed by atoms with Crippen LogP contribution in [0.4, 0.5) is 0 Å². The lowest BCUT2D eigenvalue weighted by atomic mass is 9.75. The first kappa shape index (κ1) is 30.4. The molecular weight excluding hydrogens is 574 g/mol. The van der Waals surface area contributed by atoms with Crippen LogP contribution in [0.3, 0.4) is 0 Å². The number of fused-ring (bicyclic) bond motifs is 3. The maximum atomic E-state index is 14.3. The highest BCUT2D eigenvalue weighted by Gasteiger charge is 2.64. The third-order valence-corrected chi connectivity index (χ3v) is 9.51. The average molecular weight is 614 g/mol. The summed E-state index contributed by atoms with van der Waals surface area (Å²) in [7, 11) is 6.37. The van der Waals surface area contributed by atoms with E-state index in [1.54, 1.807) is 43.1 Å². The van der Waals surface area contributed by atoms with Gasteiger partial charge in [-0.25, -0.2) is 4.79 Å². The van der Waals surface area contributed by atoms with Crippen LogP contribution in [0.1, 0.15) is 43.6 Å². The molecule has 3 atom stereocenters. The van der Waals surface area contributed by atoms with Gasteiger partial charge in [0.25, 0.3) is 11.8 Å². The number of carbonyl (C=O) groups is 4. The molecule has 11 heteroatoms. The predicted molar refractivity (Wildman–Crippen MR) is 166 cm³/mol. The molecule has 1 aromatic heterocycles. The third kappa shape index (κ3) is 5.14. The molecule has 6 rings (SSSR count). The minimum absolute atomic E-state index is 0.0235. The van der Waals surface area contributed by atoms with Crippen molar-refractivity contribution in [1.82, 2.24) is 24.6 Å². The van der Waals surface area contributed by atoms with Crippen molar-refractivity contribution in [3.63, 3.8) is 0 Å². The number of nitrogens with zero attached hydrogens (tertiary/aromatic N) is 4. The van der Waals surface area contributed by atoms with Gasteiger partial charge in [-0.15, -0.1) is 0 Å². The number of benzene rings is 2. The molecule has 0 saturated carbocycles. The SMILES string of the molecule is COC(=O)[C@@]1(Cc2ccc(OC)cc2)[C@H]2c3cc(C(=O)N(C)C)n(CCN4CNCC4=O)c3C[C@H]2CN1C(=O)c1ccccc1. The van der Waals surface area contributed by atoms with E-state index in [0.29, 0.717) is 56.3 Å². The zero-order valence-electron chi connectivity index (χ0n) is 26.1. The first-order valence-corrected chi connectivity index (χ1v) is 15.2. The first-order chi connectivity index (χ1) is 21.7. The highest BCUT2D eigenvalue weighted by atomic mass is 16.5. The molecule has 11 nitrogen and oxygen atoms in total. The number of nitrogens with one attached hydrogen (secondary N) is 1. The molecule has 1 N–H and O–H groups in total. The van der Waals surface area contributed by atoms with Crippen LogP contribution in [0.25, 0.3) is 0 Å². The molecule has 0 spiro atoms. The Labute approximate surface area is 262 Å². The van der Waals surface area contributed by atoms with Crippen LogP contribution in [0.2, 0.25) is 0 Å². The van der Waals surface area contributed by atoms with E-state index in [9.17, 15) is 19.2 Å². The Bertz CT molecular complexity index is 1620. The molecule has 0 radical (unpaired) electrons. The van der Waals surface area contributed by atoms with E-state index in [1.807, 2.05) is 53.1 Å². The van der Waals surface area contributed by atoms with Gasteiger partial charge in [0.2, 0.25) is 5.91 Å². The van der Waals surface area contributed by atoms with Crippen LogP contribution in [-0.2, 0) is 33.7 Å². The van der Waals surface area contributed by atoms with Crippen molar-refractivity contribution in [2.24, 2.45) is 5.92 Å². The number of hydrogen-bond donors (Lipinski definition) is 1. The third-order valence-electron chi connectivity index (χ3n) is 9.51. The van der Waals surface area contributed by atoms with Crippen molar-refractivity contribution in [3.05, 3.63) is 88.7 Å². The lowest BCUT2D eigenvalue weighted by Crippen LogP contribution is -2.58. The Morgan fingerprint density at radius 2 is 1.76 bits per heavy atom. The second-order valence-corrected chi connectivity index (χ2v) is 12.2. The average Bonchev–Trinajstić information content (AvgIpc) is 3.80. The minimum Gasteiger partial charge on any atom is -0.497 e. The Balaban J connectivity index is 1.49. The summed E-state index contributed by atoms with van der Waals surface area (Å²) in [5.41, 5.74) is 2.31. The summed E-state index contributed by atoms with van der Waals surface area (Å²) in [6.07, 6.45) is 0.797. The lowest BCUT2D eigenvalue weighted by Gasteiger charge is -2.40. The number of rotatable bonds is 9. The van der Waals surface area contributed by atoms with Crippen molar-refractivity contribution in [3.8, 4) is 5.75 Å². The van der Waals surface area contributed by atoms with Crippen molar-refractivity contribution in [1.29, 1.82) is 0 Å². The van der Waals surface area contributed by atoms with Crippen molar-refractivity contribution in [2.45, 2.75) is 30.8 Å². The van der Waals surface area contributed by atoms with Gasteiger partial charge in [0.1, 0.15) is 11.4 Å². The molecule has 2 aromatic carbocycles. The van der Waals surface area contributed by atoms with Gasteiger partial charge >= 0.3 is 5.97 Å². The van der Waals surface area contributed by atoms with Crippen LogP contribution in [0, 0.1) is 5.92 Å². The summed E-state index contributed by atoms with van der Waals surface area (Å²) >= 11 is 0. The Kier molecular flexibility index (Phi) is 8.13. The number of aromatic nitrogens is 1. The maximum absolute atomic E-state index is 14.3. The molecule has 0 unspecified atom stereocenters. The van der Waals surface area contributed by atoms with E-state index in [0.717, 1.165) is 16.8 Å². The van der Waals surface area contributed by atoms with Gasteiger partial charge in [0.05, 0.1) is 27.4 Å². The first-order valence-electron chi connectivity index (χ1n) is 15.2. The van der Waals surface area contributed by atoms with Crippen LogP contribution in [0.15, 0.2) is 60.7 Å². The summed E-state index contributed by atoms with van der Waals surface area (Å²) in [5, 5.41) is 3.08. The maximum Gasteiger partial charge on any atom is 0.332 e. The van der Waals surface area contributed by atoms with Crippen LogP contribution >= 0.6 is 0 Å². The summed E-state index contributed by atoms with van der Waals surface area (Å²) in [6, 6.07) is 18.4. The second kappa shape index (κ2) is 12.0. The number of hydrogen-bond acceptors (Lipinski definition) is 7. The van der Waals surface area contributed by atoms with Gasteiger partial charge in [-0.05, 0) is 53.8 Å². The van der Waals surface area contributed by atoms with Crippen LogP contribution < -0.4 is 10.1 Å². The Morgan fingerprint density at radius 3 is 2.38 bits per heavy atom. The van der Waals surface area contributed by atoms with Crippen molar-refractivity contribution in [2.75, 3.05) is 54.6 Å². The number of ether oxygens (including phenoxy) is 2. The zero-order chi connectivity index (χ0) is 31.9. The van der Waals surface area contributed by atoms with E-state index in [4.69, 9.17) is 9.47 Å². The monoisotopic (exact) mass is 613 g/mol. The molecule has 236 valence electrons. The van der Waals surface area contributed by atoms with Crippen molar-refractivity contribution >= 4 is 23.7 Å². The van der Waals surface area contributed by atoms with Gasteiger partial charge in [-0.3, -0.25) is 19.7 Å². The zero-order valence-corrected chi connectivity index (χ0v) is 26.1. The van der Waals surface area contributed by atoms with E-state index >= 15 is 0 Å². The highest BCUT2D eigenvalue weighted by Crippen LogP contribution is 2.55. The molecule has 3 aromatic rings. The van der Waals surface area contributed by atoms with Crippen molar-refractivity contribution < 1.29 is 28.7 Å². The molecule has 2 saturated heterocycles. The number of likely N-dealkylation sites (tertiary alicyclic amines) is 1. The molecule has 3 aliphatic rings. The van der Waals surface area contributed by atoms with E-state index < -0.39 is 17.4 Å². The quantitative estimate of drug-likeness (QED) is 0.368. The van der Waals surface area contributed by atoms with Crippen LogP contribution in [0.5, 0.6) is 5.75 Å². The molecule has 45 heavy (non-hydrogen) atoms. The summed E-state index contributed by atoms with van der Waals surface area (Å²) < 4.78 is 12.9. The molecule has 1 aliphatic carbocycles. The summed E-state index contributed by atoms with van der Waals surface area (Å²) in [5.74, 6) is -0.688. The number of esters is 1. The van der Waals surface area contributed by atoms with E-state index in [2.05, 4.69) is 5.32 Å². The molecule has 0 bridgehead atoms. The second-order valence-electron chi connectivity index (χ2n) is 12.2. The van der Waals surface area contributed by atoms with E-state index in [1.165, 1.54) is 12.0 Å². The normalized spacial score (nSPS) is 21.9. The summed E-state index contributed by atoms with van der Waals surface area (Å²) in [4.78, 5) is 59.4. The Morgan fingerprint density at radius 1 is 1.02 bits per heavy atom. The lowest BCUT2D eigenvalue weighted by molar-refractivity contribution is -0.153. The van der Waals surface area contributed by atoms with Gasteiger partial charge < -0.3 is 28.7 Å².